The first-order valence-electron chi connectivity index (χ1n) is 5.19. The highest BCUT2D eigenvalue weighted by molar-refractivity contribution is 5.97. The van der Waals surface area contributed by atoms with Gasteiger partial charge in [-0.3, -0.25) is 4.79 Å². The van der Waals surface area contributed by atoms with E-state index in [2.05, 4.69) is 6.07 Å². The first-order chi connectivity index (χ1) is 7.63. The number of hydrogen-bond donors (Lipinski definition) is 1. The van der Waals surface area contributed by atoms with Gasteiger partial charge in [-0.15, -0.1) is 0 Å². The van der Waals surface area contributed by atoms with Gasteiger partial charge in [-0.1, -0.05) is 12.1 Å². The maximum absolute atomic E-state index is 11.7. The van der Waals surface area contributed by atoms with Crippen LogP contribution in [-0.4, -0.2) is 18.5 Å². The molecule has 4 heteroatoms. The molecule has 0 aliphatic carbocycles. The second kappa shape index (κ2) is 3.95. The Kier molecular flexibility index (Phi) is 2.63. The largest absolute Gasteiger partial charge is 0.326 e. The SMILES string of the molecule is Cc1cccc(N2CC(N)CC2=O)c1C#N. The molecule has 0 bridgehead atoms. The number of carbonyl (C=O) groups excluding carboxylic acids is 1. The van der Waals surface area contributed by atoms with Crippen LogP contribution in [0, 0.1) is 18.3 Å². The smallest absolute Gasteiger partial charge is 0.228 e. The lowest BCUT2D eigenvalue weighted by Crippen LogP contribution is -2.28. The Labute approximate surface area is 94.3 Å². The number of benzene rings is 1. The first-order valence-corrected chi connectivity index (χ1v) is 5.19. The van der Waals surface area contributed by atoms with Gasteiger partial charge in [0.25, 0.3) is 0 Å². The average molecular weight is 215 g/mol. The molecule has 1 saturated heterocycles. The number of nitrogens with zero attached hydrogens (tertiary/aromatic N) is 2. The zero-order valence-corrected chi connectivity index (χ0v) is 9.10. The number of amides is 1. The minimum atomic E-state index is -0.125. The van der Waals surface area contributed by atoms with Crippen LogP contribution in [0.4, 0.5) is 5.69 Å². The van der Waals surface area contributed by atoms with Gasteiger partial charge in [-0.2, -0.15) is 5.26 Å². The van der Waals surface area contributed by atoms with Crippen LogP contribution >= 0.6 is 0 Å². The summed E-state index contributed by atoms with van der Waals surface area (Å²) in [5.74, 6) is -0.00500. The Bertz CT molecular complexity index is 476. The van der Waals surface area contributed by atoms with E-state index in [0.29, 0.717) is 24.2 Å². The Hall–Kier alpha value is -1.86. The molecule has 2 rings (SSSR count). The summed E-state index contributed by atoms with van der Waals surface area (Å²) in [6.45, 7) is 2.36. The summed E-state index contributed by atoms with van der Waals surface area (Å²) >= 11 is 0. The van der Waals surface area contributed by atoms with Gasteiger partial charge >= 0.3 is 0 Å². The highest BCUT2D eigenvalue weighted by atomic mass is 16.2. The minimum Gasteiger partial charge on any atom is -0.326 e. The summed E-state index contributed by atoms with van der Waals surface area (Å²) in [6.07, 6.45) is 0.360. The van der Waals surface area contributed by atoms with Gasteiger partial charge in [0.05, 0.1) is 11.3 Å². The Balaban J connectivity index is 2.45. The Morgan fingerprint density at radius 1 is 1.56 bits per heavy atom. The number of nitrogens with two attached hydrogens (primary N) is 1. The third-order valence-corrected chi connectivity index (χ3v) is 2.81. The van der Waals surface area contributed by atoms with Gasteiger partial charge in [0.1, 0.15) is 6.07 Å². The molecule has 0 aromatic heterocycles. The molecule has 1 aliphatic heterocycles. The van der Waals surface area contributed by atoms with E-state index in [9.17, 15) is 4.79 Å². The molecule has 82 valence electrons. The predicted octanol–water partition coefficient (Wildman–Crippen LogP) is 0.931. The van der Waals surface area contributed by atoms with Gasteiger partial charge in [0, 0.05) is 19.0 Å². The van der Waals surface area contributed by atoms with E-state index in [0.717, 1.165) is 5.56 Å². The number of nitriles is 1. The summed E-state index contributed by atoms with van der Waals surface area (Å²) in [6, 6.07) is 7.52. The number of anilines is 1. The molecular weight excluding hydrogens is 202 g/mol. The zero-order chi connectivity index (χ0) is 11.7. The topological polar surface area (TPSA) is 70.1 Å². The highest BCUT2D eigenvalue weighted by Crippen LogP contribution is 2.26. The van der Waals surface area contributed by atoms with E-state index in [4.69, 9.17) is 11.0 Å². The summed E-state index contributed by atoms with van der Waals surface area (Å²) in [5.41, 5.74) is 7.86. The lowest BCUT2D eigenvalue weighted by atomic mass is 10.1. The zero-order valence-electron chi connectivity index (χ0n) is 9.10. The highest BCUT2D eigenvalue weighted by Gasteiger charge is 2.29. The van der Waals surface area contributed by atoms with Crippen LogP contribution < -0.4 is 10.6 Å². The fourth-order valence-corrected chi connectivity index (χ4v) is 1.99. The summed E-state index contributed by atoms with van der Waals surface area (Å²) in [5, 5.41) is 9.09. The molecule has 0 saturated carbocycles. The van der Waals surface area contributed by atoms with Crippen LogP contribution in [0.1, 0.15) is 17.5 Å². The molecule has 0 radical (unpaired) electrons. The number of aryl methyl sites for hydroxylation is 1. The number of rotatable bonds is 1. The molecule has 1 aliphatic rings. The predicted molar refractivity (Wildman–Crippen MR) is 60.8 cm³/mol. The number of carbonyl (C=O) groups is 1. The van der Waals surface area contributed by atoms with Crippen LogP contribution in [0.2, 0.25) is 0 Å². The van der Waals surface area contributed by atoms with E-state index >= 15 is 0 Å². The molecule has 1 heterocycles. The molecule has 1 aromatic carbocycles. The molecule has 1 atom stereocenters. The monoisotopic (exact) mass is 215 g/mol. The van der Waals surface area contributed by atoms with Gasteiger partial charge < -0.3 is 10.6 Å². The molecular formula is C12H13N3O. The molecule has 1 aromatic rings. The quantitative estimate of drug-likeness (QED) is 0.757. The van der Waals surface area contributed by atoms with Crippen LogP contribution in [0.25, 0.3) is 0 Å². The average Bonchev–Trinajstić information content (AvgIpc) is 2.57. The molecule has 2 N–H and O–H groups in total. The second-order valence-corrected chi connectivity index (χ2v) is 4.05. The van der Waals surface area contributed by atoms with Crippen LogP contribution in [0.15, 0.2) is 18.2 Å². The van der Waals surface area contributed by atoms with Crippen molar-refractivity contribution in [2.75, 3.05) is 11.4 Å². The second-order valence-electron chi connectivity index (χ2n) is 4.05. The fraction of sp³-hybridized carbons (Fsp3) is 0.333. The van der Waals surface area contributed by atoms with Crippen molar-refractivity contribution in [1.82, 2.24) is 0 Å². The van der Waals surface area contributed by atoms with E-state index < -0.39 is 0 Å². The van der Waals surface area contributed by atoms with Gasteiger partial charge in [0.15, 0.2) is 0 Å². The molecule has 16 heavy (non-hydrogen) atoms. The van der Waals surface area contributed by atoms with Gasteiger partial charge in [-0.25, -0.2) is 0 Å². The van der Waals surface area contributed by atoms with Crippen molar-refractivity contribution in [3.8, 4) is 6.07 Å². The fourth-order valence-electron chi connectivity index (χ4n) is 1.99. The molecule has 1 unspecified atom stereocenters. The summed E-state index contributed by atoms with van der Waals surface area (Å²) in [4.78, 5) is 13.3. The van der Waals surface area contributed by atoms with E-state index in [1.165, 1.54) is 0 Å². The van der Waals surface area contributed by atoms with Gasteiger partial charge in [0.2, 0.25) is 5.91 Å². The summed E-state index contributed by atoms with van der Waals surface area (Å²) in [7, 11) is 0. The molecule has 1 amide bonds. The Morgan fingerprint density at radius 3 is 2.88 bits per heavy atom. The van der Waals surface area contributed by atoms with Crippen molar-refractivity contribution in [1.29, 1.82) is 5.26 Å². The lowest BCUT2D eigenvalue weighted by Gasteiger charge is -2.18. The van der Waals surface area contributed by atoms with Crippen molar-refractivity contribution >= 4 is 11.6 Å². The van der Waals surface area contributed by atoms with Crippen molar-refractivity contribution in [3.63, 3.8) is 0 Å². The van der Waals surface area contributed by atoms with Crippen molar-refractivity contribution in [2.24, 2.45) is 5.73 Å². The minimum absolute atomic E-state index is 0.00500. The van der Waals surface area contributed by atoms with Crippen LogP contribution in [-0.2, 0) is 4.79 Å². The standard InChI is InChI=1S/C12H13N3O/c1-8-3-2-4-11(10(8)6-13)15-7-9(14)5-12(15)16/h2-4,9H,5,7,14H2,1H3. The van der Waals surface area contributed by atoms with Crippen LogP contribution in [0.3, 0.4) is 0 Å². The van der Waals surface area contributed by atoms with Crippen molar-refractivity contribution < 1.29 is 4.79 Å². The first kappa shape index (κ1) is 10.7. The Morgan fingerprint density at radius 2 is 2.31 bits per heavy atom. The van der Waals surface area contributed by atoms with E-state index in [1.807, 2.05) is 19.1 Å². The third kappa shape index (κ3) is 1.66. The van der Waals surface area contributed by atoms with Crippen molar-refractivity contribution in [2.45, 2.75) is 19.4 Å². The summed E-state index contributed by atoms with van der Waals surface area (Å²) < 4.78 is 0. The van der Waals surface area contributed by atoms with Crippen molar-refractivity contribution in [3.05, 3.63) is 29.3 Å². The van der Waals surface area contributed by atoms with Crippen LogP contribution in [0.5, 0.6) is 0 Å². The van der Waals surface area contributed by atoms with E-state index in [1.54, 1.807) is 11.0 Å². The number of hydrogen-bond acceptors (Lipinski definition) is 3. The lowest BCUT2D eigenvalue weighted by molar-refractivity contribution is -0.117. The molecule has 0 spiro atoms. The molecule has 1 fully saturated rings. The van der Waals surface area contributed by atoms with Gasteiger partial charge in [-0.05, 0) is 18.6 Å². The molecule has 4 nitrogen and oxygen atoms in total. The maximum atomic E-state index is 11.7. The maximum Gasteiger partial charge on any atom is 0.228 e. The normalized spacial score (nSPS) is 19.9. The third-order valence-electron chi connectivity index (χ3n) is 2.81. The van der Waals surface area contributed by atoms with E-state index in [-0.39, 0.29) is 11.9 Å².